The third kappa shape index (κ3) is 4.23. The summed E-state index contributed by atoms with van der Waals surface area (Å²) in [5.74, 6) is 0.986. The van der Waals surface area contributed by atoms with E-state index in [1.165, 1.54) is 11.4 Å². The molecule has 0 spiro atoms. The Morgan fingerprint density at radius 2 is 1.91 bits per heavy atom. The molecule has 1 N–H and O–H groups in total. The van der Waals surface area contributed by atoms with Gasteiger partial charge in [-0.2, -0.15) is 4.31 Å². The fraction of sp³-hybridized carbons (Fsp3) is 0.522. The van der Waals surface area contributed by atoms with Crippen LogP contribution in [0.15, 0.2) is 32.4 Å². The molecule has 10 nitrogen and oxygen atoms in total. The lowest BCUT2D eigenvalue weighted by Crippen LogP contribution is -2.47. The molecule has 2 fully saturated rings. The van der Waals surface area contributed by atoms with E-state index in [1.807, 2.05) is 7.05 Å². The average Bonchev–Trinajstić information content (AvgIpc) is 3.49. The topological polar surface area (TPSA) is 122 Å². The van der Waals surface area contributed by atoms with E-state index in [0.717, 1.165) is 31.4 Å². The predicted octanol–water partition coefficient (Wildman–Crippen LogP) is 2.10. The number of H-pyrrole nitrogens is 1. The van der Waals surface area contributed by atoms with Crippen LogP contribution >= 0.6 is 0 Å². The fourth-order valence-corrected chi connectivity index (χ4v) is 6.48. The normalized spacial score (nSPS) is 18.6. The number of aromatic amines is 1. The first-order chi connectivity index (χ1) is 16.4. The quantitative estimate of drug-likeness (QED) is 0.561. The monoisotopic (exact) mass is 487 g/mol. The SMILES string of the molecule is COc1ccc(Cc2nc3c(C4CCCC4)noc3c(=O)[nH]2)cc1S(=O)(=O)N1CCN(C)CC1. The predicted molar refractivity (Wildman–Crippen MR) is 126 cm³/mol. The summed E-state index contributed by atoms with van der Waals surface area (Å²) >= 11 is 0. The van der Waals surface area contributed by atoms with Gasteiger partial charge in [-0.25, -0.2) is 13.4 Å². The van der Waals surface area contributed by atoms with Gasteiger partial charge in [0.25, 0.3) is 5.56 Å². The van der Waals surface area contributed by atoms with Crippen molar-refractivity contribution in [2.45, 2.75) is 42.9 Å². The molecule has 2 aliphatic rings. The standard InChI is InChI=1S/C23H29N5O5S/c1-27-9-11-28(12-10-27)34(30,31)18-13-15(7-8-17(18)32-2)14-19-24-21-20(16-5-3-4-6-16)26-33-22(21)23(29)25-19/h7-8,13,16H,3-6,9-12,14H2,1-2H3,(H,24,25,29). The van der Waals surface area contributed by atoms with Crippen molar-refractivity contribution in [1.29, 1.82) is 0 Å². The molecule has 0 radical (unpaired) electrons. The van der Waals surface area contributed by atoms with Gasteiger partial charge in [-0.3, -0.25) is 4.79 Å². The minimum atomic E-state index is -3.73. The summed E-state index contributed by atoms with van der Waals surface area (Å²) in [7, 11) is -0.295. The molecule has 1 aliphatic carbocycles. The number of piperazine rings is 1. The number of nitrogens with one attached hydrogen (secondary N) is 1. The molecule has 182 valence electrons. The Hall–Kier alpha value is -2.76. The average molecular weight is 488 g/mol. The van der Waals surface area contributed by atoms with E-state index in [0.29, 0.717) is 48.8 Å². The Morgan fingerprint density at radius 1 is 1.18 bits per heavy atom. The van der Waals surface area contributed by atoms with Gasteiger partial charge in [0.05, 0.1) is 7.11 Å². The molecule has 1 aliphatic heterocycles. The molecule has 11 heteroatoms. The molecule has 1 saturated carbocycles. The first kappa shape index (κ1) is 23.0. The van der Waals surface area contributed by atoms with Gasteiger partial charge in [0, 0.05) is 38.5 Å². The van der Waals surface area contributed by atoms with Crippen LogP contribution in [-0.2, 0) is 16.4 Å². The Kier molecular flexibility index (Phi) is 6.17. The smallest absolute Gasteiger partial charge is 0.297 e. The molecular weight excluding hydrogens is 458 g/mol. The summed E-state index contributed by atoms with van der Waals surface area (Å²) in [6.45, 7) is 2.20. The number of ether oxygens (including phenoxy) is 1. The lowest BCUT2D eigenvalue weighted by molar-refractivity contribution is 0.222. The number of benzene rings is 1. The molecule has 3 heterocycles. The van der Waals surface area contributed by atoms with E-state index in [1.54, 1.807) is 18.2 Å². The molecule has 1 saturated heterocycles. The van der Waals surface area contributed by atoms with Crippen molar-refractivity contribution < 1.29 is 17.7 Å². The van der Waals surface area contributed by atoms with Crippen molar-refractivity contribution in [1.82, 2.24) is 24.3 Å². The lowest BCUT2D eigenvalue weighted by Gasteiger charge is -2.31. The summed E-state index contributed by atoms with van der Waals surface area (Å²) in [6.07, 6.45) is 4.54. The maximum absolute atomic E-state index is 13.4. The van der Waals surface area contributed by atoms with E-state index in [9.17, 15) is 13.2 Å². The first-order valence-corrected chi connectivity index (χ1v) is 13.0. The Balaban J connectivity index is 1.48. The zero-order valence-electron chi connectivity index (χ0n) is 19.4. The zero-order chi connectivity index (χ0) is 23.9. The van der Waals surface area contributed by atoms with Crippen molar-refractivity contribution in [3.8, 4) is 5.75 Å². The van der Waals surface area contributed by atoms with Gasteiger partial charge in [0.1, 0.15) is 27.7 Å². The van der Waals surface area contributed by atoms with Gasteiger partial charge in [-0.1, -0.05) is 24.1 Å². The molecule has 0 amide bonds. The third-order valence-electron chi connectivity index (χ3n) is 6.83. The Bertz CT molecular complexity index is 1350. The second kappa shape index (κ2) is 9.12. The molecule has 34 heavy (non-hydrogen) atoms. The molecular formula is C23H29N5O5S. The van der Waals surface area contributed by atoms with Gasteiger partial charge in [-0.05, 0) is 37.6 Å². The number of hydrogen-bond donors (Lipinski definition) is 1. The second-order valence-corrected chi connectivity index (χ2v) is 11.0. The van der Waals surface area contributed by atoms with Gasteiger partial charge in [0.15, 0.2) is 0 Å². The fourth-order valence-electron chi connectivity index (χ4n) is 4.85. The van der Waals surface area contributed by atoms with E-state index in [4.69, 9.17) is 9.26 Å². The van der Waals surface area contributed by atoms with Crippen LogP contribution in [0.2, 0.25) is 0 Å². The van der Waals surface area contributed by atoms with Crippen LogP contribution in [0.5, 0.6) is 5.75 Å². The van der Waals surface area contributed by atoms with Gasteiger partial charge < -0.3 is 19.1 Å². The van der Waals surface area contributed by atoms with Crippen molar-refractivity contribution in [2.24, 2.45) is 0 Å². The van der Waals surface area contributed by atoms with E-state index < -0.39 is 10.0 Å². The summed E-state index contributed by atoms with van der Waals surface area (Å²) in [4.78, 5) is 22.3. The molecule has 5 rings (SSSR count). The number of hydrogen-bond acceptors (Lipinski definition) is 8. The maximum atomic E-state index is 13.4. The first-order valence-electron chi connectivity index (χ1n) is 11.6. The van der Waals surface area contributed by atoms with Crippen LogP contribution in [-0.4, -0.2) is 73.1 Å². The van der Waals surface area contributed by atoms with Gasteiger partial charge >= 0.3 is 0 Å². The Labute approximate surface area is 197 Å². The lowest BCUT2D eigenvalue weighted by atomic mass is 10.0. The number of likely N-dealkylation sites (N-methyl/N-ethyl adjacent to an activating group) is 1. The maximum Gasteiger partial charge on any atom is 0.297 e. The molecule has 2 aromatic heterocycles. The Morgan fingerprint density at radius 3 is 2.62 bits per heavy atom. The molecule has 3 aromatic rings. The van der Waals surface area contributed by atoms with Crippen LogP contribution in [0.25, 0.3) is 11.1 Å². The molecule has 0 unspecified atom stereocenters. The minimum absolute atomic E-state index is 0.122. The van der Waals surface area contributed by atoms with Crippen molar-refractivity contribution in [2.75, 3.05) is 40.3 Å². The van der Waals surface area contributed by atoms with Crippen molar-refractivity contribution in [3.05, 3.63) is 45.6 Å². The van der Waals surface area contributed by atoms with Crippen LogP contribution < -0.4 is 10.3 Å². The molecule has 1 aromatic carbocycles. The highest BCUT2D eigenvalue weighted by Gasteiger charge is 2.30. The van der Waals surface area contributed by atoms with Crippen LogP contribution in [0.1, 0.15) is 48.7 Å². The van der Waals surface area contributed by atoms with Crippen molar-refractivity contribution >= 4 is 21.1 Å². The number of methoxy groups -OCH3 is 1. The van der Waals surface area contributed by atoms with E-state index in [2.05, 4.69) is 20.0 Å². The highest BCUT2D eigenvalue weighted by atomic mass is 32.2. The van der Waals surface area contributed by atoms with E-state index >= 15 is 0 Å². The highest BCUT2D eigenvalue weighted by molar-refractivity contribution is 7.89. The van der Waals surface area contributed by atoms with Crippen LogP contribution in [0.4, 0.5) is 0 Å². The number of fused-ring (bicyclic) bond motifs is 1. The summed E-state index contributed by atoms with van der Waals surface area (Å²) in [5, 5.41) is 4.15. The summed E-state index contributed by atoms with van der Waals surface area (Å²) < 4.78 is 39.0. The van der Waals surface area contributed by atoms with E-state index in [-0.39, 0.29) is 28.4 Å². The highest BCUT2D eigenvalue weighted by Crippen LogP contribution is 2.36. The van der Waals surface area contributed by atoms with Gasteiger partial charge in [-0.15, -0.1) is 0 Å². The number of nitrogens with zero attached hydrogens (tertiary/aromatic N) is 4. The third-order valence-corrected chi connectivity index (χ3v) is 8.75. The second-order valence-electron chi connectivity index (χ2n) is 9.11. The zero-order valence-corrected chi connectivity index (χ0v) is 20.2. The van der Waals surface area contributed by atoms with Crippen LogP contribution in [0.3, 0.4) is 0 Å². The minimum Gasteiger partial charge on any atom is -0.495 e. The van der Waals surface area contributed by atoms with Crippen molar-refractivity contribution in [3.63, 3.8) is 0 Å². The molecule has 0 bridgehead atoms. The molecule has 0 atom stereocenters. The number of sulfonamides is 1. The van der Waals surface area contributed by atoms with Gasteiger partial charge in [0.2, 0.25) is 15.6 Å². The van der Waals surface area contributed by atoms with Crippen LogP contribution in [0, 0.1) is 0 Å². The summed E-state index contributed by atoms with van der Waals surface area (Å²) in [5.41, 5.74) is 1.71. The number of rotatable bonds is 6. The summed E-state index contributed by atoms with van der Waals surface area (Å²) in [6, 6.07) is 5.05. The number of aromatic nitrogens is 3. The largest absolute Gasteiger partial charge is 0.495 e.